The molecule has 1 saturated heterocycles. The summed E-state index contributed by atoms with van der Waals surface area (Å²) in [6.45, 7) is 3.45. The van der Waals surface area contributed by atoms with Crippen LogP contribution in [0.4, 0.5) is 0 Å². The molecule has 1 aromatic carbocycles. The molecule has 1 N–H and O–H groups in total. The van der Waals surface area contributed by atoms with Crippen LogP contribution in [0, 0.1) is 12.8 Å². The van der Waals surface area contributed by atoms with Gasteiger partial charge in [0.25, 0.3) is 0 Å². The normalized spacial score (nSPS) is 28.1. The van der Waals surface area contributed by atoms with Crippen LogP contribution in [0.5, 0.6) is 0 Å². The number of rotatable bonds is 4. The second-order valence-corrected chi connectivity index (χ2v) is 7.47. The molecule has 0 amide bonds. The molecule has 104 valence electrons. The second kappa shape index (κ2) is 6.32. The SMILES string of the molecule is Cc1cccc(C2CC(NCC3CCSCC3)C2)c1. The highest BCUT2D eigenvalue weighted by Gasteiger charge is 2.30. The van der Waals surface area contributed by atoms with E-state index in [1.165, 1.54) is 49.3 Å². The van der Waals surface area contributed by atoms with Crippen LogP contribution >= 0.6 is 11.8 Å². The summed E-state index contributed by atoms with van der Waals surface area (Å²) < 4.78 is 0. The molecule has 0 unspecified atom stereocenters. The maximum absolute atomic E-state index is 3.79. The van der Waals surface area contributed by atoms with Crippen LogP contribution in [-0.2, 0) is 0 Å². The summed E-state index contributed by atoms with van der Waals surface area (Å²) >= 11 is 2.12. The van der Waals surface area contributed by atoms with Gasteiger partial charge < -0.3 is 5.32 Å². The number of hydrogen-bond acceptors (Lipinski definition) is 2. The molecule has 2 heteroatoms. The summed E-state index contributed by atoms with van der Waals surface area (Å²) in [6, 6.07) is 9.83. The van der Waals surface area contributed by atoms with Gasteiger partial charge in [-0.2, -0.15) is 11.8 Å². The summed E-state index contributed by atoms with van der Waals surface area (Å²) in [7, 11) is 0. The van der Waals surface area contributed by atoms with Crippen LogP contribution in [0.2, 0.25) is 0 Å². The third-order valence-electron chi connectivity index (χ3n) is 4.69. The fourth-order valence-corrected chi connectivity index (χ4v) is 4.47. The number of thioether (sulfide) groups is 1. The van der Waals surface area contributed by atoms with Crippen molar-refractivity contribution in [1.82, 2.24) is 5.32 Å². The van der Waals surface area contributed by atoms with Gasteiger partial charge in [0.1, 0.15) is 0 Å². The third kappa shape index (κ3) is 3.55. The minimum absolute atomic E-state index is 0.778. The quantitative estimate of drug-likeness (QED) is 0.892. The Hall–Kier alpha value is -0.470. The van der Waals surface area contributed by atoms with Crippen molar-refractivity contribution >= 4 is 11.8 Å². The molecule has 3 rings (SSSR count). The second-order valence-electron chi connectivity index (χ2n) is 6.24. The van der Waals surface area contributed by atoms with E-state index in [-0.39, 0.29) is 0 Å². The van der Waals surface area contributed by atoms with Gasteiger partial charge in [0.15, 0.2) is 0 Å². The predicted molar refractivity (Wildman–Crippen MR) is 85.0 cm³/mol. The largest absolute Gasteiger partial charge is 0.314 e. The van der Waals surface area contributed by atoms with Crippen molar-refractivity contribution in [2.75, 3.05) is 18.1 Å². The van der Waals surface area contributed by atoms with E-state index in [0.717, 1.165) is 17.9 Å². The lowest BCUT2D eigenvalue weighted by atomic mass is 9.75. The van der Waals surface area contributed by atoms with E-state index in [1.807, 2.05) is 0 Å². The topological polar surface area (TPSA) is 12.0 Å². The number of benzene rings is 1. The maximum atomic E-state index is 3.79. The van der Waals surface area contributed by atoms with Gasteiger partial charge in [-0.1, -0.05) is 29.8 Å². The minimum atomic E-state index is 0.778. The van der Waals surface area contributed by atoms with Crippen LogP contribution < -0.4 is 5.32 Å². The number of aryl methyl sites for hydroxylation is 1. The standard InChI is InChI=1S/C17H25NS/c1-13-3-2-4-15(9-13)16-10-17(11-16)18-12-14-5-7-19-8-6-14/h2-4,9,14,16-18H,5-8,10-12H2,1H3. The molecular weight excluding hydrogens is 250 g/mol. The van der Waals surface area contributed by atoms with E-state index in [2.05, 4.69) is 48.3 Å². The highest BCUT2D eigenvalue weighted by molar-refractivity contribution is 7.99. The van der Waals surface area contributed by atoms with E-state index in [4.69, 9.17) is 0 Å². The molecule has 1 saturated carbocycles. The summed E-state index contributed by atoms with van der Waals surface area (Å²) in [6.07, 6.45) is 5.52. The average molecular weight is 275 g/mol. The van der Waals surface area contributed by atoms with Crippen molar-refractivity contribution in [2.24, 2.45) is 5.92 Å². The van der Waals surface area contributed by atoms with E-state index in [0.29, 0.717) is 0 Å². The molecule has 2 aliphatic rings. The summed E-state index contributed by atoms with van der Waals surface area (Å²) in [5, 5.41) is 3.79. The first kappa shape index (κ1) is 13.5. The third-order valence-corrected chi connectivity index (χ3v) is 5.74. The first-order valence-corrected chi connectivity index (χ1v) is 8.84. The summed E-state index contributed by atoms with van der Waals surface area (Å²) in [4.78, 5) is 0. The monoisotopic (exact) mass is 275 g/mol. The fraction of sp³-hybridized carbons (Fsp3) is 0.647. The van der Waals surface area contributed by atoms with Gasteiger partial charge in [0, 0.05) is 6.04 Å². The molecule has 0 bridgehead atoms. The predicted octanol–water partition coefficient (Wildman–Crippen LogP) is 3.97. The van der Waals surface area contributed by atoms with E-state index in [1.54, 1.807) is 5.56 Å². The Morgan fingerprint density at radius 3 is 2.74 bits per heavy atom. The van der Waals surface area contributed by atoms with Crippen LogP contribution in [0.25, 0.3) is 0 Å². The Morgan fingerprint density at radius 1 is 1.21 bits per heavy atom. The van der Waals surface area contributed by atoms with E-state index < -0.39 is 0 Å². The Morgan fingerprint density at radius 2 is 2.00 bits per heavy atom. The molecule has 0 aromatic heterocycles. The molecule has 1 aliphatic carbocycles. The molecule has 1 aliphatic heterocycles. The van der Waals surface area contributed by atoms with E-state index in [9.17, 15) is 0 Å². The lowest BCUT2D eigenvalue weighted by Gasteiger charge is -2.37. The minimum Gasteiger partial charge on any atom is -0.314 e. The van der Waals surface area contributed by atoms with Crippen molar-refractivity contribution in [2.45, 2.75) is 44.6 Å². The van der Waals surface area contributed by atoms with Gasteiger partial charge in [-0.3, -0.25) is 0 Å². The number of hydrogen-bond donors (Lipinski definition) is 1. The van der Waals surface area contributed by atoms with Crippen LogP contribution in [0.1, 0.15) is 42.7 Å². The Labute approximate surface area is 121 Å². The highest BCUT2D eigenvalue weighted by atomic mass is 32.2. The van der Waals surface area contributed by atoms with Gasteiger partial charge in [0.2, 0.25) is 0 Å². The first-order valence-electron chi connectivity index (χ1n) is 7.69. The zero-order valence-electron chi connectivity index (χ0n) is 11.9. The van der Waals surface area contributed by atoms with Gasteiger partial charge in [-0.05, 0) is 68.1 Å². The molecule has 19 heavy (non-hydrogen) atoms. The maximum Gasteiger partial charge on any atom is 0.00788 e. The molecule has 1 aromatic rings. The molecule has 1 nitrogen and oxygen atoms in total. The summed E-state index contributed by atoms with van der Waals surface area (Å²) in [5.41, 5.74) is 2.95. The van der Waals surface area contributed by atoms with Crippen molar-refractivity contribution < 1.29 is 0 Å². The van der Waals surface area contributed by atoms with Crippen LogP contribution in [0.15, 0.2) is 24.3 Å². The molecule has 1 heterocycles. The molecule has 0 radical (unpaired) electrons. The highest BCUT2D eigenvalue weighted by Crippen LogP contribution is 2.37. The van der Waals surface area contributed by atoms with Crippen LogP contribution in [0.3, 0.4) is 0 Å². The zero-order valence-corrected chi connectivity index (χ0v) is 12.7. The van der Waals surface area contributed by atoms with Gasteiger partial charge in [-0.15, -0.1) is 0 Å². The van der Waals surface area contributed by atoms with Gasteiger partial charge in [0.05, 0.1) is 0 Å². The van der Waals surface area contributed by atoms with Gasteiger partial charge in [-0.25, -0.2) is 0 Å². The van der Waals surface area contributed by atoms with Crippen molar-refractivity contribution in [3.8, 4) is 0 Å². The van der Waals surface area contributed by atoms with Crippen molar-refractivity contribution in [3.63, 3.8) is 0 Å². The van der Waals surface area contributed by atoms with Crippen molar-refractivity contribution in [3.05, 3.63) is 35.4 Å². The van der Waals surface area contributed by atoms with Gasteiger partial charge >= 0.3 is 0 Å². The van der Waals surface area contributed by atoms with Crippen LogP contribution in [-0.4, -0.2) is 24.1 Å². The lowest BCUT2D eigenvalue weighted by Crippen LogP contribution is -2.42. The fourth-order valence-electron chi connectivity index (χ4n) is 3.26. The zero-order chi connectivity index (χ0) is 13.1. The Bertz CT molecular complexity index is 405. The smallest absolute Gasteiger partial charge is 0.00788 e. The number of nitrogens with one attached hydrogen (secondary N) is 1. The first-order chi connectivity index (χ1) is 9.31. The molecule has 0 spiro atoms. The summed E-state index contributed by atoms with van der Waals surface area (Å²) in [5.74, 6) is 4.50. The molecule has 2 fully saturated rings. The lowest BCUT2D eigenvalue weighted by molar-refractivity contribution is 0.272. The van der Waals surface area contributed by atoms with E-state index >= 15 is 0 Å². The van der Waals surface area contributed by atoms with Crippen molar-refractivity contribution in [1.29, 1.82) is 0 Å². The average Bonchev–Trinajstić information content (AvgIpc) is 2.38. The molecular formula is C17H25NS. The Kier molecular flexibility index (Phi) is 4.49. The Balaban J connectivity index is 1.40. The molecule has 0 atom stereocenters.